The highest BCUT2D eigenvalue weighted by Gasteiger charge is 2.13. The van der Waals surface area contributed by atoms with E-state index in [1.165, 1.54) is 0 Å². The zero-order chi connectivity index (χ0) is 13.6. The van der Waals surface area contributed by atoms with Gasteiger partial charge < -0.3 is 0 Å². The number of fused-ring (bicyclic) bond motifs is 1. The molecule has 96 valence electrons. The van der Waals surface area contributed by atoms with Crippen LogP contribution in [0.4, 0.5) is 0 Å². The van der Waals surface area contributed by atoms with Crippen LogP contribution < -0.4 is 0 Å². The van der Waals surface area contributed by atoms with Crippen molar-refractivity contribution >= 4 is 50.0 Å². The largest absolute Gasteiger partial charge is 0.248 e. The summed E-state index contributed by atoms with van der Waals surface area (Å²) in [5.41, 5.74) is 2.55. The summed E-state index contributed by atoms with van der Waals surface area (Å²) in [6.07, 6.45) is 3.64. The molecule has 6 heteroatoms. The van der Waals surface area contributed by atoms with Gasteiger partial charge in [0.2, 0.25) is 0 Å². The number of aryl methyl sites for hydroxylation is 1. The van der Waals surface area contributed by atoms with E-state index in [1.54, 1.807) is 29.1 Å². The third kappa shape index (κ3) is 2.14. The summed E-state index contributed by atoms with van der Waals surface area (Å²) in [4.78, 5) is 4.26. The van der Waals surface area contributed by atoms with E-state index in [4.69, 9.17) is 23.2 Å². The monoisotopic (exact) mass is 355 g/mol. The summed E-state index contributed by atoms with van der Waals surface area (Å²) in [5.74, 6) is 0. The van der Waals surface area contributed by atoms with Gasteiger partial charge in [-0.05, 0) is 40.5 Å². The zero-order valence-electron chi connectivity index (χ0n) is 9.86. The molecule has 0 radical (unpaired) electrons. The molecular weight excluding hydrogens is 349 g/mol. The number of halogens is 3. The van der Waals surface area contributed by atoms with Gasteiger partial charge in [-0.25, -0.2) is 9.67 Å². The van der Waals surface area contributed by atoms with Crippen molar-refractivity contribution in [3.63, 3.8) is 0 Å². The molecule has 0 bridgehead atoms. The highest BCUT2D eigenvalue weighted by molar-refractivity contribution is 9.10. The van der Waals surface area contributed by atoms with Gasteiger partial charge in [-0.1, -0.05) is 29.3 Å². The fraction of sp³-hybridized carbons (Fsp3) is 0.0769. The Hall–Kier alpha value is -1.10. The minimum atomic E-state index is 0.557. The summed E-state index contributed by atoms with van der Waals surface area (Å²) in [7, 11) is 0. The first-order valence-electron chi connectivity index (χ1n) is 5.53. The quantitative estimate of drug-likeness (QED) is 0.586. The lowest BCUT2D eigenvalue weighted by Crippen LogP contribution is -1.96. The first-order chi connectivity index (χ1) is 9.08. The molecule has 0 aliphatic heterocycles. The van der Waals surface area contributed by atoms with E-state index in [0.717, 1.165) is 21.1 Å². The lowest BCUT2D eigenvalue weighted by molar-refractivity contribution is 0.895. The summed E-state index contributed by atoms with van der Waals surface area (Å²) >= 11 is 15.8. The highest BCUT2D eigenvalue weighted by atomic mass is 79.9. The number of para-hydroxylation sites is 1. The average molecular weight is 357 g/mol. The van der Waals surface area contributed by atoms with Crippen molar-refractivity contribution in [3.05, 3.63) is 50.8 Å². The molecule has 0 atom stereocenters. The Morgan fingerprint density at radius 1 is 1.21 bits per heavy atom. The Labute approximate surface area is 128 Å². The molecule has 0 aliphatic rings. The van der Waals surface area contributed by atoms with Gasteiger partial charge in [0.25, 0.3) is 0 Å². The maximum absolute atomic E-state index is 6.20. The minimum absolute atomic E-state index is 0.557. The lowest BCUT2D eigenvalue weighted by atomic mass is 10.2. The van der Waals surface area contributed by atoms with Gasteiger partial charge in [0.15, 0.2) is 0 Å². The molecule has 0 fully saturated rings. The molecular formula is C13H8BrCl2N3. The maximum Gasteiger partial charge on any atom is 0.117 e. The van der Waals surface area contributed by atoms with Crippen molar-refractivity contribution in [2.24, 2.45) is 0 Å². The van der Waals surface area contributed by atoms with Gasteiger partial charge in [0.05, 0.1) is 20.9 Å². The number of aromatic nitrogens is 3. The number of rotatable bonds is 1. The summed E-state index contributed by atoms with van der Waals surface area (Å²) < 4.78 is 2.44. The molecule has 3 rings (SSSR count). The third-order valence-corrected chi connectivity index (χ3v) is 4.09. The van der Waals surface area contributed by atoms with Gasteiger partial charge in [-0.15, -0.1) is 0 Å². The molecule has 2 aromatic heterocycles. The predicted octanol–water partition coefficient (Wildman–Crippen LogP) is 4.80. The molecule has 2 heterocycles. The van der Waals surface area contributed by atoms with Crippen LogP contribution in [-0.2, 0) is 0 Å². The topological polar surface area (TPSA) is 30.7 Å². The zero-order valence-corrected chi connectivity index (χ0v) is 13.0. The molecule has 0 amide bonds. The standard InChI is InChI=1S/C13H8BrCl2N3/c1-7-5-17-13(14)8-6-19(18-11(7)8)12-9(15)3-2-4-10(12)16/h2-6H,1H3. The normalized spacial score (nSPS) is 11.2. The van der Waals surface area contributed by atoms with Gasteiger partial charge in [0, 0.05) is 12.4 Å². The predicted molar refractivity (Wildman–Crippen MR) is 81.3 cm³/mol. The van der Waals surface area contributed by atoms with Crippen molar-refractivity contribution in [1.29, 1.82) is 0 Å². The Morgan fingerprint density at radius 2 is 1.89 bits per heavy atom. The van der Waals surface area contributed by atoms with Gasteiger partial charge in [0.1, 0.15) is 10.3 Å². The molecule has 3 aromatic rings. The van der Waals surface area contributed by atoms with Crippen molar-refractivity contribution < 1.29 is 0 Å². The molecule has 19 heavy (non-hydrogen) atoms. The SMILES string of the molecule is Cc1cnc(Br)c2cn(-c3c(Cl)cccc3Cl)nc12. The Bertz CT molecular complexity index is 724. The summed E-state index contributed by atoms with van der Waals surface area (Å²) in [6, 6.07) is 5.38. The molecule has 0 saturated carbocycles. The van der Waals surface area contributed by atoms with Gasteiger partial charge in [-0.3, -0.25) is 0 Å². The van der Waals surface area contributed by atoms with Crippen molar-refractivity contribution in [2.75, 3.05) is 0 Å². The van der Waals surface area contributed by atoms with Crippen LogP contribution in [0, 0.1) is 6.92 Å². The van der Waals surface area contributed by atoms with Crippen molar-refractivity contribution in [1.82, 2.24) is 14.8 Å². The van der Waals surface area contributed by atoms with E-state index in [-0.39, 0.29) is 0 Å². The van der Waals surface area contributed by atoms with E-state index in [1.807, 2.05) is 13.1 Å². The van der Waals surface area contributed by atoms with E-state index in [9.17, 15) is 0 Å². The fourth-order valence-corrected chi connectivity index (χ4v) is 2.89. The van der Waals surface area contributed by atoms with E-state index in [0.29, 0.717) is 15.7 Å². The Balaban J connectivity index is 2.33. The van der Waals surface area contributed by atoms with Crippen LogP contribution in [0.3, 0.4) is 0 Å². The van der Waals surface area contributed by atoms with Gasteiger partial charge >= 0.3 is 0 Å². The first-order valence-corrected chi connectivity index (χ1v) is 7.07. The van der Waals surface area contributed by atoms with Crippen LogP contribution in [0.5, 0.6) is 0 Å². The average Bonchev–Trinajstić information content (AvgIpc) is 2.80. The maximum atomic E-state index is 6.20. The fourth-order valence-electron chi connectivity index (χ4n) is 1.92. The molecule has 0 spiro atoms. The Morgan fingerprint density at radius 3 is 2.53 bits per heavy atom. The van der Waals surface area contributed by atoms with E-state index < -0.39 is 0 Å². The second-order valence-electron chi connectivity index (χ2n) is 4.14. The van der Waals surface area contributed by atoms with Gasteiger partial charge in [-0.2, -0.15) is 5.10 Å². The molecule has 0 aliphatic carbocycles. The molecule has 0 N–H and O–H groups in total. The third-order valence-electron chi connectivity index (χ3n) is 2.85. The van der Waals surface area contributed by atoms with Crippen LogP contribution in [0.25, 0.3) is 16.6 Å². The molecule has 3 nitrogen and oxygen atoms in total. The second kappa shape index (κ2) is 4.78. The highest BCUT2D eigenvalue weighted by Crippen LogP contribution is 2.31. The van der Waals surface area contributed by atoms with E-state index >= 15 is 0 Å². The van der Waals surface area contributed by atoms with E-state index in [2.05, 4.69) is 26.0 Å². The van der Waals surface area contributed by atoms with Crippen molar-refractivity contribution in [3.8, 4) is 5.69 Å². The Kier molecular flexibility index (Phi) is 3.25. The van der Waals surface area contributed by atoms with Crippen LogP contribution in [-0.4, -0.2) is 14.8 Å². The lowest BCUT2D eigenvalue weighted by Gasteiger charge is -2.05. The summed E-state index contributed by atoms with van der Waals surface area (Å²) in [5, 5.41) is 6.58. The molecule has 0 unspecified atom stereocenters. The number of pyridine rings is 1. The first kappa shape index (κ1) is 12.9. The number of hydrogen-bond donors (Lipinski definition) is 0. The number of benzene rings is 1. The summed E-state index contributed by atoms with van der Waals surface area (Å²) in [6.45, 7) is 1.97. The molecule has 0 saturated heterocycles. The second-order valence-corrected chi connectivity index (χ2v) is 5.70. The van der Waals surface area contributed by atoms with Crippen molar-refractivity contribution in [2.45, 2.75) is 6.92 Å². The minimum Gasteiger partial charge on any atom is -0.248 e. The van der Waals surface area contributed by atoms with Crippen LogP contribution >= 0.6 is 39.1 Å². The van der Waals surface area contributed by atoms with Crippen LogP contribution in [0.1, 0.15) is 5.56 Å². The molecule has 1 aromatic carbocycles. The number of nitrogens with zero attached hydrogens (tertiary/aromatic N) is 3. The smallest absolute Gasteiger partial charge is 0.117 e. The van der Waals surface area contributed by atoms with Crippen LogP contribution in [0.2, 0.25) is 10.0 Å². The number of hydrogen-bond acceptors (Lipinski definition) is 2. The van der Waals surface area contributed by atoms with Crippen LogP contribution in [0.15, 0.2) is 35.2 Å².